The zero-order valence-electron chi connectivity index (χ0n) is 14.7. The van der Waals surface area contributed by atoms with Crippen molar-refractivity contribution in [3.8, 4) is 12.3 Å². The Balaban J connectivity index is 2.16. The fourth-order valence-corrected chi connectivity index (χ4v) is 2.85. The predicted octanol–water partition coefficient (Wildman–Crippen LogP) is 1.56. The van der Waals surface area contributed by atoms with Crippen LogP contribution in [0.2, 0.25) is 0 Å². The Bertz CT molecular complexity index is 573. The van der Waals surface area contributed by atoms with Crippen LogP contribution < -0.4 is 10.6 Å². The summed E-state index contributed by atoms with van der Waals surface area (Å²) < 4.78 is 5.50. The van der Waals surface area contributed by atoms with Crippen LogP contribution >= 0.6 is 0 Å². The van der Waals surface area contributed by atoms with Crippen LogP contribution in [0.25, 0.3) is 0 Å². The molecule has 0 bridgehead atoms. The number of hydrogen-bond donors (Lipinski definition) is 2. The summed E-state index contributed by atoms with van der Waals surface area (Å²) in [5.41, 5.74) is 2.57. The summed E-state index contributed by atoms with van der Waals surface area (Å²) >= 11 is 0. The molecule has 1 aromatic carbocycles. The van der Waals surface area contributed by atoms with Crippen LogP contribution in [0.3, 0.4) is 0 Å². The molecular weight excluding hydrogens is 300 g/mol. The number of nitrogens with zero attached hydrogens (tertiary/aromatic N) is 2. The van der Waals surface area contributed by atoms with Crippen molar-refractivity contribution < 1.29 is 4.74 Å². The van der Waals surface area contributed by atoms with E-state index in [-0.39, 0.29) is 6.04 Å². The minimum Gasteiger partial charge on any atom is -0.379 e. The van der Waals surface area contributed by atoms with Gasteiger partial charge >= 0.3 is 0 Å². The molecule has 130 valence electrons. The lowest BCUT2D eigenvalue weighted by molar-refractivity contribution is 0.0179. The van der Waals surface area contributed by atoms with Gasteiger partial charge in [-0.3, -0.25) is 9.89 Å². The Kier molecular flexibility index (Phi) is 7.60. The molecule has 1 atom stereocenters. The van der Waals surface area contributed by atoms with Gasteiger partial charge in [-0.15, -0.1) is 6.42 Å². The summed E-state index contributed by atoms with van der Waals surface area (Å²) in [6, 6.07) is 8.92. The highest BCUT2D eigenvalue weighted by atomic mass is 16.5. The molecule has 5 heteroatoms. The van der Waals surface area contributed by atoms with Gasteiger partial charge in [0.2, 0.25) is 0 Å². The van der Waals surface area contributed by atoms with Crippen LogP contribution in [-0.2, 0) is 4.74 Å². The van der Waals surface area contributed by atoms with Crippen molar-refractivity contribution in [2.75, 3.05) is 45.9 Å². The van der Waals surface area contributed by atoms with Crippen molar-refractivity contribution in [3.63, 3.8) is 0 Å². The van der Waals surface area contributed by atoms with E-state index in [9.17, 15) is 0 Å². The molecule has 0 radical (unpaired) electrons. The third-order valence-corrected chi connectivity index (χ3v) is 4.04. The van der Waals surface area contributed by atoms with Gasteiger partial charge in [-0.05, 0) is 19.4 Å². The molecule has 0 saturated carbocycles. The maximum atomic E-state index is 5.50. The highest BCUT2D eigenvalue weighted by Crippen LogP contribution is 2.23. The molecule has 1 aromatic rings. The number of aryl methyl sites for hydroxylation is 1. The molecule has 1 fully saturated rings. The molecule has 0 amide bonds. The summed E-state index contributed by atoms with van der Waals surface area (Å²) in [6.07, 6.45) is 5.34. The van der Waals surface area contributed by atoms with Crippen LogP contribution in [0.1, 0.15) is 24.1 Å². The lowest BCUT2D eigenvalue weighted by Crippen LogP contribution is -2.42. The molecule has 1 heterocycles. The molecular formula is C19H28N4O. The van der Waals surface area contributed by atoms with E-state index in [0.29, 0.717) is 13.1 Å². The van der Waals surface area contributed by atoms with Crippen LogP contribution in [0.4, 0.5) is 0 Å². The maximum absolute atomic E-state index is 5.50. The number of aliphatic imine (C=N–C) groups is 1. The summed E-state index contributed by atoms with van der Waals surface area (Å²) in [5, 5.41) is 6.39. The lowest BCUT2D eigenvalue weighted by atomic mass is 10.0. The molecule has 0 aromatic heterocycles. The Morgan fingerprint density at radius 3 is 2.83 bits per heavy atom. The Hall–Kier alpha value is -2.03. The number of benzene rings is 1. The first kappa shape index (κ1) is 18.3. The number of hydrogen-bond acceptors (Lipinski definition) is 3. The normalized spacial score (nSPS) is 17.1. The Morgan fingerprint density at radius 2 is 2.17 bits per heavy atom. The van der Waals surface area contributed by atoms with Gasteiger partial charge < -0.3 is 15.4 Å². The first-order chi connectivity index (χ1) is 11.7. The van der Waals surface area contributed by atoms with Crippen LogP contribution in [-0.4, -0.2) is 56.8 Å². The quantitative estimate of drug-likeness (QED) is 0.473. The summed E-state index contributed by atoms with van der Waals surface area (Å²) in [6.45, 7) is 9.56. The summed E-state index contributed by atoms with van der Waals surface area (Å²) in [4.78, 5) is 7.20. The SMILES string of the molecule is C#CCNC(=NCC(c1cccc(C)c1)N1CCOCC1)NCC. The van der Waals surface area contributed by atoms with Gasteiger partial charge in [-0.25, -0.2) is 0 Å². The summed E-state index contributed by atoms with van der Waals surface area (Å²) in [5.74, 6) is 3.35. The Labute approximate surface area is 145 Å². The van der Waals surface area contributed by atoms with E-state index in [4.69, 9.17) is 16.2 Å². The predicted molar refractivity (Wildman–Crippen MR) is 99.1 cm³/mol. The van der Waals surface area contributed by atoms with E-state index in [1.165, 1.54) is 11.1 Å². The smallest absolute Gasteiger partial charge is 0.192 e. The molecule has 1 saturated heterocycles. The van der Waals surface area contributed by atoms with E-state index < -0.39 is 0 Å². The third kappa shape index (κ3) is 5.55. The van der Waals surface area contributed by atoms with Crippen molar-refractivity contribution in [1.29, 1.82) is 0 Å². The molecule has 2 rings (SSSR count). The van der Waals surface area contributed by atoms with E-state index >= 15 is 0 Å². The standard InChI is InChI=1S/C19H28N4O/c1-4-9-21-19(20-5-2)22-15-18(23-10-12-24-13-11-23)17-8-6-7-16(3)14-17/h1,6-8,14,18H,5,9-13,15H2,2-3H3,(H2,20,21,22). The number of morpholine rings is 1. The minimum absolute atomic E-state index is 0.245. The van der Waals surface area contributed by atoms with Gasteiger partial charge in [0.15, 0.2) is 5.96 Å². The van der Waals surface area contributed by atoms with E-state index in [2.05, 4.69) is 52.6 Å². The average molecular weight is 328 g/mol. The second kappa shape index (κ2) is 9.96. The number of ether oxygens (including phenoxy) is 1. The topological polar surface area (TPSA) is 48.9 Å². The molecule has 24 heavy (non-hydrogen) atoms. The van der Waals surface area contributed by atoms with E-state index in [0.717, 1.165) is 38.8 Å². The molecule has 0 aliphatic carbocycles. The maximum Gasteiger partial charge on any atom is 0.192 e. The fraction of sp³-hybridized carbons (Fsp3) is 0.526. The molecule has 1 aliphatic heterocycles. The number of guanidine groups is 1. The van der Waals surface area contributed by atoms with Gasteiger partial charge in [0, 0.05) is 19.6 Å². The highest BCUT2D eigenvalue weighted by Gasteiger charge is 2.22. The lowest BCUT2D eigenvalue weighted by Gasteiger charge is -2.34. The van der Waals surface area contributed by atoms with Crippen molar-refractivity contribution in [2.45, 2.75) is 19.9 Å². The van der Waals surface area contributed by atoms with Crippen molar-refractivity contribution in [1.82, 2.24) is 15.5 Å². The zero-order valence-corrected chi connectivity index (χ0v) is 14.7. The molecule has 1 unspecified atom stereocenters. The molecule has 5 nitrogen and oxygen atoms in total. The van der Waals surface area contributed by atoms with Crippen LogP contribution in [0.15, 0.2) is 29.3 Å². The van der Waals surface area contributed by atoms with Gasteiger partial charge in [0.25, 0.3) is 0 Å². The van der Waals surface area contributed by atoms with Gasteiger partial charge in [-0.1, -0.05) is 35.7 Å². The highest BCUT2D eigenvalue weighted by molar-refractivity contribution is 5.80. The molecule has 1 aliphatic rings. The third-order valence-electron chi connectivity index (χ3n) is 4.04. The number of terminal acetylenes is 1. The van der Waals surface area contributed by atoms with Gasteiger partial charge in [-0.2, -0.15) is 0 Å². The number of rotatable bonds is 6. The van der Waals surface area contributed by atoms with Crippen molar-refractivity contribution in [3.05, 3.63) is 35.4 Å². The van der Waals surface area contributed by atoms with Crippen LogP contribution in [0, 0.1) is 19.3 Å². The summed E-state index contributed by atoms with van der Waals surface area (Å²) in [7, 11) is 0. The monoisotopic (exact) mass is 328 g/mol. The Morgan fingerprint density at radius 1 is 1.38 bits per heavy atom. The second-order valence-corrected chi connectivity index (χ2v) is 5.86. The fourth-order valence-electron chi connectivity index (χ4n) is 2.85. The van der Waals surface area contributed by atoms with E-state index in [1.807, 2.05) is 6.92 Å². The number of nitrogens with one attached hydrogen (secondary N) is 2. The zero-order chi connectivity index (χ0) is 17.2. The molecule has 0 spiro atoms. The second-order valence-electron chi connectivity index (χ2n) is 5.86. The van der Waals surface area contributed by atoms with Gasteiger partial charge in [0.1, 0.15) is 0 Å². The van der Waals surface area contributed by atoms with E-state index in [1.54, 1.807) is 0 Å². The average Bonchev–Trinajstić information content (AvgIpc) is 2.61. The first-order valence-electron chi connectivity index (χ1n) is 8.58. The first-order valence-corrected chi connectivity index (χ1v) is 8.58. The van der Waals surface area contributed by atoms with Crippen molar-refractivity contribution in [2.24, 2.45) is 4.99 Å². The largest absolute Gasteiger partial charge is 0.379 e. The molecule has 2 N–H and O–H groups in total. The minimum atomic E-state index is 0.245. The van der Waals surface area contributed by atoms with Gasteiger partial charge in [0.05, 0.1) is 32.3 Å². The van der Waals surface area contributed by atoms with Crippen molar-refractivity contribution >= 4 is 5.96 Å². The van der Waals surface area contributed by atoms with Crippen LogP contribution in [0.5, 0.6) is 0 Å².